The second-order valence-electron chi connectivity index (χ2n) is 9.62. The van der Waals surface area contributed by atoms with Crippen LogP contribution in [0.15, 0.2) is 59.9 Å². The lowest BCUT2D eigenvalue weighted by atomic mass is 9.95. The van der Waals surface area contributed by atoms with Gasteiger partial charge in [-0.2, -0.15) is 18.3 Å². The van der Waals surface area contributed by atoms with Gasteiger partial charge in [-0.1, -0.05) is 50.2 Å². The maximum absolute atomic E-state index is 13.8. The van der Waals surface area contributed by atoms with Gasteiger partial charge in [0.1, 0.15) is 0 Å². The first-order valence-electron chi connectivity index (χ1n) is 11.3. The quantitative estimate of drug-likeness (QED) is 0.146. The molecule has 0 unspecified atom stereocenters. The molecule has 0 radical (unpaired) electrons. The maximum atomic E-state index is 13.8. The summed E-state index contributed by atoms with van der Waals surface area (Å²) in [7, 11) is 0. The summed E-state index contributed by atoms with van der Waals surface area (Å²) in [5.41, 5.74) is 6.96. The van der Waals surface area contributed by atoms with Crippen molar-refractivity contribution in [1.29, 1.82) is 0 Å². The van der Waals surface area contributed by atoms with Crippen LogP contribution < -0.4 is 11.1 Å². The minimum atomic E-state index is -4.70. The predicted molar refractivity (Wildman–Crippen MR) is 134 cm³/mol. The molecule has 4 N–H and O–H groups in total. The average molecular weight is 511 g/mol. The number of amides is 1. The van der Waals surface area contributed by atoms with E-state index in [1.54, 1.807) is 18.3 Å². The number of hydrogen-bond donors (Lipinski definition) is 3. The summed E-state index contributed by atoms with van der Waals surface area (Å²) in [6, 6.07) is 11.9. The van der Waals surface area contributed by atoms with Crippen molar-refractivity contribution in [3.05, 3.63) is 71.4 Å². The van der Waals surface area contributed by atoms with Crippen molar-refractivity contribution in [2.24, 2.45) is 16.3 Å². The highest BCUT2D eigenvalue weighted by atomic mass is 19.4. The van der Waals surface area contributed by atoms with Gasteiger partial charge in [0.2, 0.25) is 5.91 Å². The predicted octanol–water partition coefficient (Wildman–Crippen LogP) is 5.47. The summed E-state index contributed by atoms with van der Waals surface area (Å²) < 4.78 is 42.9. The highest BCUT2D eigenvalue weighted by Gasteiger charge is 2.35. The van der Waals surface area contributed by atoms with Crippen LogP contribution in [0.25, 0.3) is 28.2 Å². The third-order valence-corrected chi connectivity index (χ3v) is 5.79. The van der Waals surface area contributed by atoms with Crippen LogP contribution in [0.1, 0.15) is 37.5 Å². The van der Waals surface area contributed by atoms with Gasteiger partial charge in [0.05, 0.1) is 23.1 Å². The van der Waals surface area contributed by atoms with Gasteiger partial charge in [-0.15, -0.1) is 0 Å². The topological polar surface area (TPSA) is 118 Å². The van der Waals surface area contributed by atoms with Crippen LogP contribution in [0.3, 0.4) is 0 Å². The van der Waals surface area contributed by atoms with Crippen molar-refractivity contribution >= 4 is 23.1 Å². The largest absolute Gasteiger partial charge is 0.417 e. The molecule has 4 aromatic rings. The van der Waals surface area contributed by atoms with Crippen molar-refractivity contribution < 1.29 is 23.2 Å². The molecule has 0 atom stereocenters. The summed E-state index contributed by atoms with van der Waals surface area (Å²) in [6.07, 6.45) is -3.09. The van der Waals surface area contributed by atoms with Crippen molar-refractivity contribution in [2.75, 3.05) is 5.32 Å². The lowest BCUT2D eigenvalue weighted by molar-refractivity contribution is -0.137. The van der Waals surface area contributed by atoms with Crippen LogP contribution in [0, 0.1) is 12.3 Å². The third-order valence-electron chi connectivity index (χ3n) is 5.79. The lowest BCUT2D eigenvalue weighted by Gasteiger charge is -2.19. The summed E-state index contributed by atoms with van der Waals surface area (Å²) in [5, 5.41) is 18.9. The maximum Gasteiger partial charge on any atom is 0.417 e. The van der Waals surface area contributed by atoms with E-state index in [1.807, 2.05) is 39.8 Å². The normalized spacial score (nSPS) is 12.7. The molecule has 2 heterocycles. The van der Waals surface area contributed by atoms with Crippen LogP contribution >= 0.6 is 0 Å². The molecule has 0 aliphatic rings. The van der Waals surface area contributed by atoms with E-state index in [4.69, 9.17) is 10.9 Å². The number of imidazole rings is 1. The molecule has 4 rings (SSSR count). The Kier molecular flexibility index (Phi) is 6.41. The van der Waals surface area contributed by atoms with E-state index in [1.165, 1.54) is 22.7 Å². The number of aromatic nitrogens is 3. The first-order valence-corrected chi connectivity index (χ1v) is 11.3. The molecular formula is C26H25F3N6O2. The number of oxime groups is 1. The number of carbonyl (C=O) groups is 1. The molecule has 2 aromatic carbocycles. The molecule has 2 aromatic heterocycles. The van der Waals surface area contributed by atoms with Gasteiger partial charge in [0.25, 0.3) is 0 Å². The molecule has 37 heavy (non-hydrogen) atoms. The van der Waals surface area contributed by atoms with Crippen molar-refractivity contribution in [2.45, 2.75) is 33.9 Å². The summed E-state index contributed by atoms with van der Waals surface area (Å²) in [6.45, 7) is 7.34. The number of carbonyl (C=O) groups excluding carboxylic acids is 1. The van der Waals surface area contributed by atoms with Crippen LogP contribution in [-0.2, 0) is 11.0 Å². The Bertz CT molecular complexity index is 1530. The Morgan fingerprint density at radius 1 is 1.05 bits per heavy atom. The Morgan fingerprint density at radius 2 is 1.78 bits per heavy atom. The van der Waals surface area contributed by atoms with Gasteiger partial charge in [-0.3, -0.25) is 4.79 Å². The number of nitrogens with two attached hydrogens (primary N) is 1. The van der Waals surface area contributed by atoms with Crippen molar-refractivity contribution in [3.8, 4) is 22.5 Å². The van der Waals surface area contributed by atoms with Gasteiger partial charge >= 0.3 is 6.18 Å². The highest BCUT2D eigenvalue weighted by Crippen LogP contribution is 2.37. The molecule has 0 saturated carbocycles. The van der Waals surface area contributed by atoms with Gasteiger partial charge < -0.3 is 16.3 Å². The molecular weight excluding hydrogens is 485 g/mol. The number of nitrogens with one attached hydrogen (secondary N) is 1. The molecule has 0 aliphatic heterocycles. The van der Waals surface area contributed by atoms with Crippen molar-refractivity contribution in [3.63, 3.8) is 0 Å². The minimum absolute atomic E-state index is 0.0665. The van der Waals surface area contributed by atoms with Gasteiger partial charge in [-0.25, -0.2) is 9.50 Å². The SMILES string of the molecule is Cc1ccc(-c2cn3nc(-c4ccc(/C(N)=N\O)cc4C(F)(F)F)ccc3n2)cc1NC(=O)C(C)(C)C. The standard InChI is InChI=1S/C26H25F3N6O2/c1-14-5-6-15(12-20(14)32-24(36)25(2,3)4)21-13-35-22(31-21)10-9-19(33-35)17-8-7-16(23(30)34-37)11-18(17)26(27,28)29/h5-13,37H,1-4H3,(H2,30,34)(H,32,36). The molecule has 0 fully saturated rings. The summed E-state index contributed by atoms with van der Waals surface area (Å²) in [5.74, 6) is -0.566. The zero-order chi connectivity index (χ0) is 27.1. The number of hydrogen-bond acceptors (Lipinski definition) is 5. The van der Waals surface area contributed by atoms with Gasteiger partial charge in [0, 0.05) is 27.8 Å². The Hall–Kier alpha value is -4.41. The second kappa shape index (κ2) is 9.23. The second-order valence-corrected chi connectivity index (χ2v) is 9.62. The van der Waals surface area contributed by atoms with Crippen LogP contribution in [-0.4, -0.2) is 31.5 Å². The number of nitrogens with zero attached hydrogens (tertiary/aromatic N) is 4. The monoisotopic (exact) mass is 510 g/mol. The number of aryl methyl sites for hydroxylation is 1. The van der Waals surface area contributed by atoms with E-state index < -0.39 is 23.0 Å². The number of halogens is 3. The number of anilines is 1. The smallest absolute Gasteiger partial charge is 0.409 e. The molecule has 192 valence electrons. The fraction of sp³-hybridized carbons (Fsp3) is 0.231. The Balaban J connectivity index is 1.75. The molecule has 0 spiro atoms. The van der Waals surface area contributed by atoms with E-state index >= 15 is 0 Å². The minimum Gasteiger partial charge on any atom is -0.409 e. The van der Waals surface area contributed by atoms with Crippen LogP contribution in [0.4, 0.5) is 18.9 Å². The molecule has 0 bridgehead atoms. The highest BCUT2D eigenvalue weighted by molar-refractivity contribution is 5.98. The van der Waals surface area contributed by atoms with Crippen LogP contribution in [0.2, 0.25) is 0 Å². The van der Waals surface area contributed by atoms with Gasteiger partial charge in [0.15, 0.2) is 11.5 Å². The van der Waals surface area contributed by atoms with E-state index in [0.29, 0.717) is 22.6 Å². The zero-order valence-electron chi connectivity index (χ0n) is 20.6. The Labute approximate surface area is 210 Å². The molecule has 1 amide bonds. The number of amidine groups is 1. The van der Waals surface area contributed by atoms with Gasteiger partial charge in [-0.05, 0) is 36.8 Å². The zero-order valence-corrected chi connectivity index (χ0v) is 20.6. The first-order chi connectivity index (χ1) is 17.3. The Morgan fingerprint density at radius 3 is 2.43 bits per heavy atom. The molecule has 8 nitrogen and oxygen atoms in total. The molecule has 11 heteroatoms. The average Bonchev–Trinajstić information content (AvgIpc) is 3.26. The van der Waals surface area contributed by atoms with E-state index in [-0.39, 0.29) is 22.7 Å². The third kappa shape index (κ3) is 5.25. The van der Waals surface area contributed by atoms with E-state index in [0.717, 1.165) is 11.6 Å². The van der Waals surface area contributed by atoms with E-state index in [9.17, 15) is 18.0 Å². The first kappa shape index (κ1) is 25.7. The number of benzene rings is 2. The number of fused-ring (bicyclic) bond motifs is 1. The van der Waals surface area contributed by atoms with Crippen LogP contribution in [0.5, 0.6) is 0 Å². The molecule has 0 aliphatic carbocycles. The van der Waals surface area contributed by atoms with Crippen molar-refractivity contribution in [1.82, 2.24) is 14.6 Å². The summed E-state index contributed by atoms with van der Waals surface area (Å²) >= 11 is 0. The molecule has 0 saturated heterocycles. The lowest BCUT2D eigenvalue weighted by Crippen LogP contribution is -2.27. The summed E-state index contributed by atoms with van der Waals surface area (Å²) in [4.78, 5) is 17.0. The fourth-order valence-corrected chi connectivity index (χ4v) is 3.61. The number of alkyl halides is 3. The number of rotatable bonds is 4. The fourth-order valence-electron chi connectivity index (χ4n) is 3.61. The van der Waals surface area contributed by atoms with E-state index in [2.05, 4.69) is 20.6 Å².